The molecule has 0 radical (unpaired) electrons. The molecular formula is C12H12ClN3O3S. The first kappa shape index (κ1) is 13.4. The molecule has 8 heteroatoms. The van der Waals surface area contributed by atoms with E-state index in [-0.39, 0.29) is 23.3 Å². The van der Waals surface area contributed by atoms with Crippen LogP contribution in [0.25, 0.3) is 11.5 Å². The highest BCUT2D eigenvalue weighted by Crippen LogP contribution is 2.32. The number of aromatic nitrogens is 2. The first-order chi connectivity index (χ1) is 9.44. The molecule has 1 atom stereocenters. The SMILES string of the molecule is Nc1ccc(Cl)c(-c2nc(C3CCS(=O)(=O)C3)no2)c1. The summed E-state index contributed by atoms with van der Waals surface area (Å²) in [5.74, 6) is 0.676. The van der Waals surface area contributed by atoms with E-state index < -0.39 is 9.84 Å². The van der Waals surface area contributed by atoms with Gasteiger partial charge >= 0.3 is 0 Å². The number of hydrogen-bond donors (Lipinski definition) is 1. The van der Waals surface area contributed by atoms with E-state index in [0.29, 0.717) is 28.5 Å². The largest absolute Gasteiger partial charge is 0.399 e. The van der Waals surface area contributed by atoms with Crippen LogP contribution in [0.5, 0.6) is 0 Å². The van der Waals surface area contributed by atoms with Crippen molar-refractivity contribution in [3.05, 3.63) is 29.0 Å². The Kier molecular flexibility index (Phi) is 3.18. The van der Waals surface area contributed by atoms with Crippen molar-refractivity contribution in [2.24, 2.45) is 0 Å². The molecule has 0 bridgehead atoms. The zero-order valence-corrected chi connectivity index (χ0v) is 12.0. The van der Waals surface area contributed by atoms with Gasteiger partial charge in [0.15, 0.2) is 15.7 Å². The van der Waals surface area contributed by atoms with Crippen LogP contribution in [0.15, 0.2) is 22.7 Å². The van der Waals surface area contributed by atoms with Gasteiger partial charge in [0.25, 0.3) is 5.89 Å². The van der Waals surface area contributed by atoms with E-state index in [9.17, 15) is 8.42 Å². The molecule has 1 saturated heterocycles. The summed E-state index contributed by atoms with van der Waals surface area (Å²) >= 11 is 6.07. The maximum absolute atomic E-state index is 11.5. The normalized spacial score (nSPS) is 21.1. The van der Waals surface area contributed by atoms with E-state index in [1.807, 2.05) is 0 Å². The van der Waals surface area contributed by atoms with Gasteiger partial charge in [-0.2, -0.15) is 4.98 Å². The van der Waals surface area contributed by atoms with E-state index in [1.54, 1.807) is 18.2 Å². The molecule has 2 heterocycles. The van der Waals surface area contributed by atoms with Crippen LogP contribution in [0, 0.1) is 0 Å². The van der Waals surface area contributed by atoms with Crippen LogP contribution in [0.3, 0.4) is 0 Å². The summed E-state index contributed by atoms with van der Waals surface area (Å²) in [5.41, 5.74) is 6.78. The summed E-state index contributed by atoms with van der Waals surface area (Å²) in [4.78, 5) is 4.25. The fourth-order valence-electron chi connectivity index (χ4n) is 2.22. The van der Waals surface area contributed by atoms with Gasteiger partial charge in [-0.15, -0.1) is 0 Å². The van der Waals surface area contributed by atoms with Crippen molar-refractivity contribution in [2.45, 2.75) is 12.3 Å². The van der Waals surface area contributed by atoms with Crippen molar-refractivity contribution in [1.29, 1.82) is 0 Å². The molecule has 6 nitrogen and oxygen atoms in total. The Labute approximate surface area is 120 Å². The van der Waals surface area contributed by atoms with Gasteiger partial charge in [0.05, 0.1) is 22.1 Å². The topological polar surface area (TPSA) is 99.1 Å². The number of nitrogens with two attached hydrogens (primary N) is 1. The monoisotopic (exact) mass is 313 g/mol. The van der Waals surface area contributed by atoms with Gasteiger partial charge in [0.1, 0.15) is 0 Å². The second-order valence-corrected chi connectivity index (χ2v) is 7.43. The van der Waals surface area contributed by atoms with Gasteiger partial charge in [-0.05, 0) is 24.6 Å². The van der Waals surface area contributed by atoms with Gasteiger partial charge in [0.2, 0.25) is 0 Å². The molecular weight excluding hydrogens is 302 g/mol. The van der Waals surface area contributed by atoms with Crippen molar-refractivity contribution >= 4 is 27.1 Å². The number of rotatable bonds is 2. The number of sulfone groups is 1. The van der Waals surface area contributed by atoms with Crippen molar-refractivity contribution in [3.8, 4) is 11.5 Å². The lowest BCUT2D eigenvalue weighted by molar-refractivity contribution is 0.418. The Morgan fingerprint density at radius 3 is 2.90 bits per heavy atom. The molecule has 1 aromatic carbocycles. The second-order valence-electron chi connectivity index (χ2n) is 4.80. The molecule has 0 spiro atoms. The maximum atomic E-state index is 11.5. The molecule has 20 heavy (non-hydrogen) atoms. The summed E-state index contributed by atoms with van der Waals surface area (Å²) in [7, 11) is -2.98. The van der Waals surface area contributed by atoms with Crippen molar-refractivity contribution in [2.75, 3.05) is 17.2 Å². The van der Waals surface area contributed by atoms with Crippen molar-refractivity contribution in [3.63, 3.8) is 0 Å². The van der Waals surface area contributed by atoms with Crippen LogP contribution >= 0.6 is 11.6 Å². The zero-order valence-electron chi connectivity index (χ0n) is 10.4. The first-order valence-corrected chi connectivity index (χ1v) is 8.24. The van der Waals surface area contributed by atoms with Crippen molar-refractivity contribution in [1.82, 2.24) is 10.1 Å². The van der Waals surface area contributed by atoms with Crippen LogP contribution in [-0.2, 0) is 9.84 Å². The molecule has 1 unspecified atom stereocenters. The third-order valence-electron chi connectivity index (χ3n) is 3.26. The molecule has 0 saturated carbocycles. The van der Waals surface area contributed by atoms with E-state index in [2.05, 4.69) is 10.1 Å². The Balaban J connectivity index is 1.93. The molecule has 2 N–H and O–H groups in total. The summed E-state index contributed by atoms with van der Waals surface area (Å²) in [5, 5.41) is 4.31. The van der Waals surface area contributed by atoms with Crippen LogP contribution in [0.4, 0.5) is 5.69 Å². The molecule has 3 rings (SSSR count). The van der Waals surface area contributed by atoms with Crippen LogP contribution in [0.1, 0.15) is 18.2 Å². The van der Waals surface area contributed by atoms with Gasteiger partial charge in [-0.3, -0.25) is 0 Å². The molecule has 1 aliphatic rings. The standard InChI is InChI=1S/C12H12ClN3O3S/c13-10-2-1-8(14)5-9(10)12-15-11(16-19-12)7-3-4-20(17,18)6-7/h1-2,5,7H,3-4,6,14H2. The lowest BCUT2D eigenvalue weighted by atomic mass is 10.1. The minimum Gasteiger partial charge on any atom is -0.399 e. The minimum atomic E-state index is -2.98. The number of nitrogen functional groups attached to an aromatic ring is 1. The lowest BCUT2D eigenvalue weighted by Gasteiger charge is -2.00. The zero-order chi connectivity index (χ0) is 14.3. The molecule has 1 aliphatic heterocycles. The minimum absolute atomic E-state index is 0.0661. The first-order valence-electron chi connectivity index (χ1n) is 6.04. The Morgan fingerprint density at radius 2 is 2.20 bits per heavy atom. The average Bonchev–Trinajstić information content (AvgIpc) is 2.98. The molecule has 1 aromatic heterocycles. The predicted octanol–water partition coefficient (Wildman–Crippen LogP) is 1.87. The summed E-state index contributed by atoms with van der Waals surface area (Å²) in [6.07, 6.45) is 0.520. The number of halogens is 1. The van der Waals surface area contributed by atoms with E-state index in [1.165, 1.54) is 0 Å². The highest BCUT2D eigenvalue weighted by molar-refractivity contribution is 7.91. The summed E-state index contributed by atoms with van der Waals surface area (Å²) in [6, 6.07) is 4.97. The maximum Gasteiger partial charge on any atom is 0.259 e. The molecule has 0 amide bonds. The Bertz CT molecular complexity index is 757. The Morgan fingerprint density at radius 1 is 1.40 bits per heavy atom. The molecule has 0 aliphatic carbocycles. The van der Waals surface area contributed by atoms with Crippen molar-refractivity contribution < 1.29 is 12.9 Å². The van der Waals surface area contributed by atoms with Gasteiger partial charge in [0, 0.05) is 11.6 Å². The van der Waals surface area contributed by atoms with Crippen LogP contribution in [0.2, 0.25) is 5.02 Å². The predicted molar refractivity (Wildman–Crippen MR) is 75.2 cm³/mol. The average molecular weight is 314 g/mol. The molecule has 1 fully saturated rings. The molecule has 2 aromatic rings. The van der Waals surface area contributed by atoms with Gasteiger partial charge in [-0.25, -0.2) is 8.42 Å². The van der Waals surface area contributed by atoms with Crippen LogP contribution in [-0.4, -0.2) is 30.1 Å². The lowest BCUT2D eigenvalue weighted by Crippen LogP contribution is -2.05. The number of hydrogen-bond acceptors (Lipinski definition) is 6. The number of benzene rings is 1. The fraction of sp³-hybridized carbons (Fsp3) is 0.333. The second kappa shape index (κ2) is 4.75. The molecule has 106 valence electrons. The van der Waals surface area contributed by atoms with E-state index >= 15 is 0 Å². The highest BCUT2D eigenvalue weighted by Gasteiger charge is 2.32. The summed E-state index contributed by atoms with van der Waals surface area (Å²) < 4.78 is 28.1. The smallest absolute Gasteiger partial charge is 0.259 e. The summed E-state index contributed by atoms with van der Waals surface area (Å²) in [6.45, 7) is 0. The third kappa shape index (κ3) is 2.51. The number of nitrogens with zero attached hydrogens (tertiary/aromatic N) is 2. The quantitative estimate of drug-likeness (QED) is 0.850. The third-order valence-corrected chi connectivity index (χ3v) is 5.36. The highest BCUT2D eigenvalue weighted by atomic mass is 35.5. The number of anilines is 1. The Hall–Kier alpha value is -1.60. The van der Waals surface area contributed by atoms with E-state index in [0.717, 1.165) is 0 Å². The van der Waals surface area contributed by atoms with E-state index in [4.69, 9.17) is 21.9 Å². The van der Waals surface area contributed by atoms with Gasteiger partial charge in [-0.1, -0.05) is 16.8 Å². The fourth-order valence-corrected chi connectivity index (χ4v) is 4.15. The van der Waals surface area contributed by atoms with Crippen LogP contribution < -0.4 is 5.73 Å². The van der Waals surface area contributed by atoms with Gasteiger partial charge < -0.3 is 10.3 Å².